The van der Waals surface area contributed by atoms with Crippen LogP contribution in [0.15, 0.2) is 67.0 Å². The smallest absolute Gasteiger partial charge is 0.126 e. The van der Waals surface area contributed by atoms with E-state index in [1.807, 2.05) is 48.6 Å². The molecule has 2 nitrogen and oxygen atoms in total. The van der Waals surface area contributed by atoms with E-state index in [0.29, 0.717) is 0 Å². The van der Waals surface area contributed by atoms with Crippen molar-refractivity contribution in [3.63, 3.8) is 0 Å². The Morgan fingerprint density at radius 3 is 2.94 bits per heavy atom. The summed E-state index contributed by atoms with van der Waals surface area (Å²) in [5, 5.41) is 0. The topological polar surface area (TPSA) is 21.8 Å². The lowest BCUT2D eigenvalue weighted by molar-refractivity contribution is 0.341. The normalized spacial score (nSPS) is 29.3. The molecule has 86 valence electrons. The molecule has 0 saturated carbocycles. The number of hydrogen-bond donors (Lipinski definition) is 0. The number of ether oxygens (including phenoxy) is 2. The number of benzene rings is 1. The second kappa shape index (κ2) is 4.22. The van der Waals surface area contributed by atoms with Crippen LogP contribution in [-0.4, -0.2) is 11.7 Å². The lowest BCUT2D eigenvalue weighted by Crippen LogP contribution is -2.10. The Kier molecular flexibility index (Phi) is 2.57. The average Bonchev–Trinajstić information content (AvgIpc) is 3.11. The zero-order valence-corrected chi connectivity index (χ0v) is 9.45. The van der Waals surface area contributed by atoms with E-state index in [-0.39, 0.29) is 11.7 Å². The maximum atomic E-state index is 5.64. The average molecular weight is 226 g/mol. The standard InChI is InChI=1S/C15H14O2/c1-2-7-13(8-3-1)16-12-6-11-15-10-5-4-9-14(15)17-15/h1-10,12,14H,11H2. The molecule has 0 N–H and O–H groups in total. The Labute approximate surface area is 101 Å². The first-order chi connectivity index (χ1) is 8.39. The van der Waals surface area contributed by atoms with Gasteiger partial charge in [-0.1, -0.05) is 36.4 Å². The van der Waals surface area contributed by atoms with Crippen LogP contribution in [0.5, 0.6) is 5.75 Å². The van der Waals surface area contributed by atoms with Crippen LogP contribution >= 0.6 is 0 Å². The number of fused-ring (bicyclic) bond motifs is 1. The molecule has 17 heavy (non-hydrogen) atoms. The summed E-state index contributed by atoms with van der Waals surface area (Å²) in [6.45, 7) is 0. The van der Waals surface area contributed by atoms with E-state index in [2.05, 4.69) is 12.2 Å². The highest BCUT2D eigenvalue weighted by atomic mass is 16.6. The zero-order chi connectivity index (χ0) is 11.6. The lowest BCUT2D eigenvalue weighted by Gasteiger charge is -2.05. The first-order valence-corrected chi connectivity index (χ1v) is 5.80. The Bertz CT molecular complexity index is 473. The highest BCUT2D eigenvalue weighted by Crippen LogP contribution is 2.44. The van der Waals surface area contributed by atoms with E-state index in [1.165, 1.54) is 0 Å². The van der Waals surface area contributed by atoms with Gasteiger partial charge in [0.1, 0.15) is 17.5 Å². The van der Waals surface area contributed by atoms with E-state index in [9.17, 15) is 0 Å². The van der Waals surface area contributed by atoms with Crippen LogP contribution in [0.1, 0.15) is 6.42 Å². The Morgan fingerprint density at radius 2 is 2.12 bits per heavy atom. The van der Waals surface area contributed by atoms with E-state index < -0.39 is 0 Å². The fourth-order valence-electron chi connectivity index (χ4n) is 2.01. The monoisotopic (exact) mass is 226 g/mol. The Hall–Kier alpha value is -1.80. The van der Waals surface area contributed by atoms with Crippen LogP contribution in [0.2, 0.25) is 0 Å². The molecule has 0 spiro atoms. The molecule has 1 aliphatic heterocycles. The summed E-state index contributed by atoms with van der Waals surface area (Å²) in [5.41, 5.74) is -0.0920. The minimum atomic E-state index is -0.0920. The summed E-state index contributed by atoms with van der Waals surface area (Å²) in [4.78, 5) is 0. The summed E-state index contributed by atoms with van der Waals surface area (Å²) in [6.07, 6.45) is 13.1. The molecule has 2 aliphatic rings. The van der Waals surface area contributed by atoms with Gasteiger partial charge in [-0.3, -0.25) is 0 Å². The minimum Gasteiger partial charge on any atom is -0.465 e. The van der Waals surface area contributed by atoms with Crippen molar-refractivity contribution in [1.82, 2.24) is 0 Å². The van der Waals surface area contributed by atoms with Crippen molar-refractivity contribution < 1.29 is 9.47 Å². The van der Waals surface area contributed by atoms with Gasteiger partial charge in [-0.2, -0.15) is 0 Å². The van der Waals surface area contributed by atoms with Crippen molar-refractivity contribution >= 4 is 0 Å². The van der Waals surface area contributed by atoms with E-state index in [0.717, 1.165) is 12.2 Å². The van der Waals surface area contributed by atoms with Crippen LogP contribution < -0.4 is 4.74 Å². The molecular formula is C15H14O2. The molecule has 0 radical (unpaired) electrons. The largest absolute Gasteiger partial charge is 0.465 e. The molecule has 2 atom stereocenters. The maximum absolute atomic E-state index is 5.64. The van der Waals surface area contributed by atoms with Crippen molar-refractivity contribution in [1.29, 1.82) is 0 Å². The van der Waals surface area contributed by atoms with Crippen LogP contribution in [-0.2, 0) is 4.74 Å². The number of hydrogen-bond acceptors (Lipinski definition) is 2. The summed E-state index contributed by atoms with van der Waals surface area (Å²) in [7, 11) is 0. The number of para-hydroxylation sites is 1. The highest BCUT2D eigenvalue weighted by molar-refractivity contribution is 5.32. The lowest BCUT2D eigenvalue weighted by atomic mass is 9.97. The van der Waals surface area contributed by atoms with Gasteiger partial charge in [0, 0.05) is 6.42 Å². The molecule has 2 unspecified atom stereocenters. The molecule has 2 heteroatoms. The molecule has 3 rings (SSSR count). The summed E-state index contributed by atoms with van der Waals surface area (Å²) in [6, 6.07) is 9.75. The second-order valence-corrected chi connectivity index (χ2v) is 4.24. The summed E-state index contributed by atoms with van der Waals surface area (Å²) < 4.78 is 11.1. The van der Waals surface area contributed by atoms with Crippen LogP contribution in [0.4, 0.5) is 0 Å². The molecule has 1 aliphatic carbocycles. The number of rotatable bonds is 4. The van der Waals surface area contributed by atoms with E-state index in [1.54, 1.807) is 6.26 Å². The minimum absolute atomic E-state index is 0.0920. The van der Waals surface area contributed by atoms with E-state index in [4.69, 9.17) is 9.47 Å². The summed E-state index contributed by atoms with van der Waals surface area (Å²) >= 11 is 0. The molecule has 0 amide bonds. The van der Waals surface area contributed by atoms with Gasteiger partial charge >= 0.3 is 0 Å². The van der Waals surface area contributed by atoms with Gasteiger partial charge in [0.15, 0.2) is 0 Å². The third kappa shape index (κ3) is 2.17. The predicted octanol–water partition coefficient (Wildman–Crippen LogP) is 3.23. The maximum Gasteiger partial charge on any atom is 0.126 e. The van der Waals surface area contributed by atoms with Gasteiger partial charge in [0.25, 0.3) is 0 Å². The SMILES string of the molecule is C1=CC2OC2(CC=COc2ccccc2)C=C1. The first kappa shape index (κ1) is 10.4. The van der Waals surface area contributed by atoms with Gasteiger partial charge in [0.05, 0.1) is 6.26 Å². The third-order valence-electron chi connectivity index (χ3n) is 3.03. The molecule has 1 fully saturated rings. The van der Waals surface area contributed by atoms with Crippen molar-refractivity contribution in [2.24, 2.45) is 0 Å². The van der Waals surface area contributed by atoms with Gasteiger partial charge in [0.2, 0.25) is 0 Å². The Balaban J connectivity index is 1.52. The molecule has 1 heterocycles. The van der Waals surface area contributed by atoms with Gasteiger partial charge in [-0.05, 0) is 24.3 Å². The third-order valence-corrected chi connectivity index (χ3v) is 3.03. The zero-order valence-electron chi connectivity index (χ0n) is 9.45. The van der Waals surface area contributed by atoms with E-state index >= 15 is 0 Å². The van der Waals surface area contributed by atoms with Crippen molar-refractivity contribution in [3.05, 3.63) is 67.0 Å². The fourth-order valence-corrected chi connectivity index (χ4v) is 2.01. The first-order valence-electron chi connectivity index (χ1n) is 5.80. The number of epoxide rings is 1. The van der Waals surface area contributed by atoms with Crippen LogP contribution in [0, 0.1) is 0 Å². The van der Waals surface area contributed by atoms with Crippen LogP contribution in [0.3, 0.4) is 0 Å². The van der Waals surface area contributed by atoms with Crippen LogP contribution in [0.25, 0.3) is 0 Å². The molecule has 1 saturated heterocycles. The Morgan fingerprint density at radius 1 is 1.24 bits per heavy atom. The van der Waals surface area contributed by atoms with Crippen molar-refractivity contribution in [3.8, 4) is 5.75 Å². The summed E-state index contributed by atoms with van der Waals surface area (Å²) in [5.74, 6) is 0.855. The molecule has 0 aromatic heterocycles. The quantitative estimate of drug-likeness (QED) is 0.580. The van der Waals surface area contributed by atoms with Gasteiger partial charge in [-0.15, -0.1) is 0 Å². The van der Waals surface area contributed by atoms with Gasteiger partial charge in [-0.25, -0.2) is 0 Å². The van der Waals surface area contributed by atoms with Crippen molar-refractivity contribution in [2.75, 3.05) is 0 Å². The van der Waals surface area contributed by atoms with Crippen molar-refractivity contribution in [2.45, 2.75) is 18.1 Å². The predicted molar refractivity (Wildman–Crippen MR) is 66.7 cm³/mol. The number of allylic oxidation sites excluding steroid dienone is 2. The van der Waals surface area contributed by atoms with Gasteiger partial charge < -0.3 is 9.47 Å². The fraction of sp³-hybridized carbons (Fsp3) is 0.200. The molecule has 1 aromatic carbocycles. The molecule has 1 aromatic rings. The highest BCUT2D eigenvalue weighted by Gasteiger charge is 2.52. The molecule has 0 bridgehead atoms. The second-order valence-electron chi connectivity index (χ2n) is 4.24. The molecular weight excluding hydrogens is 212 g/mol.